The van der Waals surface area contributed by atoms with Gasteiger partial charge in [-0.1, -0.05) is 141 Å². The van der Waals surface area contributed by atoms with Crippen LogP contribution in [0.4, 0.5) is 0 Å². The van der Waals surface area contributed by atoms with E-state index in [9.17, 15) is 23.8 Å². The average molecular weight is 744 g/mol. The molecule has 4 N–H and O–H groups in total. The minimum atomic E-state index is -4.74. The Morgan fingerprint density at radius 1 is 0.647 bits per heavy atom. The smallest absolute Gasteiger partial charge is 0.472 e. The van der Waals surface area contributed by atoms with Gasteiger partial charge in [-0.05, 0) is 44.9 Å². The molecule has 0 aromatic carbocycles. The number of unbranched alkanes of at least 4 members (excludes halogenated alkanes) is 19. The Bertz CT molecular complexity index is 1020. The van der Waals surface area contributed by atoms with Gasteiger partial charge in [-0.2, -0.15) is 0 Å². The van der Waals surface area contributed by atoms with Crippen molar-refractivity contribution in [3.8, 4) is 0 Å². The Kier molecular flexibility index (Phi) is 33.2. The second-order valence-corrected chi connectivity index (χ2v) is 14.6. The highest BCUT2D eigenvalue weighted by Crippen LogP contribution is 2.43. The normalized spacial score (nSPS) is 14.3. The summed E-state index contributed by atoms with van der Waals surface area (Å²) in [6.07, 6.45) is 35.7. The van der Waals surface area contributed by atoms with Crippen LogP contribution >= 0.6 is 7.82 Å². The van der Waals surface area contributed by atoms with Gasteiger partial charge in [0.2, 0.25) is 0 Å². The summed E-state index contributed by atoms with van der Waals surface area (Å²) in [5.41, 5.74) is 5.31. The molecule has 0 aliphatic carbocycles. The molecule has 0 aromatic heterocycles. The predicted molar refractivity (Wildman–Crippen MR) is 203 cm³/mol. The zero-order chi connectivity index (χ0) is 37.8. The fraction of sp³-hybridized carbons (Fsp3) is 0.769. The molecule has 0 aromatic rings. The Hall–Kier alpha value is -2.30. The molecule has 0 rings (SSSR count). The van der Waals surface area contributed by atoms with Crippen LogP contribution in [0.3, 0.4) is 0 Å². The van der Waals surface area contributed by atoms with Crippen LogP contribution < -0.4 is 5.73 Å². The third-order valence-corrected chi connectivity index (χ3v) is 9.17. The first-order valence-corrected chi connectivity index (χ1v) is 21.1. The molecular weight excluding hydrogens is 673 g/mol. The third-order valence-electron chi connectivity index (χ3n) is 8.22. The second kappa shape index (κ2) is 34.8. The molecule has 51 heavy (non-hydrogen) atoms. The van der Waals surface area contributed by atoms with Crippen molar-refractivity contribution in [2.75, 3.05) is 19.8 Å². The summed E-state index contributed by atoms with van der Waals surface area (Å²) in [4.78, 5) is 45.6. The highest BCUT2D eigenvalue weighted by Gasteiger charge is 2.27. The van der Waals surface area contributed by atoms with E-state index in [-0.39, 0.29) is 6.42 Å². The lowest BCUT2D eigenvalue weighted by molar-refractivity contribution is -0.157. The number of hydrogen-bond donors (Lipinski definition) is 3. The quantitative estimate of drug-likeness (QED) is 0.0139. The van der Waals surface area contributed by atoms with Crippen LogP contribution in [-0.2, 0) is 37.5 Å². The van der Waals surface area contributed by atoms with Gasteiger partial charge in [-0.25, -0.2) is 9.36 Å². The molecular formula is C39H70NO10P. The van der Waals surface area contributed by atoms with Crippen LogP contribution in [-0.4, -0.2) is 59.9 Å². The molecule has 0 radical (unpaired) electrons. The number of carboxylic acid groups (broad SMARTS) is 1. The first-order chi connectivity index (χ1) is 24.6. The largest absolute Gasteiger partial charge is 0.480 e. The van der Waals surface area contributed by atoms with E-state index in [1.54, 1.807) is 12.2 Å². The van der Waals surface area contributed by atoms with Crippen LogP contribution in [0.1, 0.15) is 162 Å². The molecule has 0 aliphatic heterocycles. The number of carbonyl (C=O) groups is 3. The van der Waals surface area contributed by atoms with Gasteiger partial charge in [0.1, 0.15) is 12.6 Å². The Morgan fingerprint density at radius 3 is 1.69 bits per heavy atom. The van der Waals surface area contributed by atoms with E-state index in [1.807, 2.05) is 6.08 Å². The summed E-state index contributed by atoms with van der Waals surface area (Å²) in [5, 5.41) is 8.85. The molecule has 1 unspecified atom stereocenters. The van der Waals surface area contributed by atoms with Crippen molar-refractivity contribution in [2.45, 2.75) is 174 Å². The number of phosphoric acid groups is 1. The second-order valence-electron chi connectivity index (χ2n) is 13.1. The number of nitrogens with two attached hydrogens (primary N) is 1. The first kappa shape index (κ1) is 48.7. The summed E-state index contributed by atoms with van der Waals surface area (Å²) in [6.45, 7) is 2.64. The predicted octanol–water partition coefficient (Wildman–Crippen LogP) is 9.67. The number of esters is 2. The maximum atomic E-state index is 12.5. The molecule has 0 saturated carbocycles. The fourth-order valence-electron chi connectivity index (χ4n) is 5.08. The Morgan fingerprint density at radius 2 is 1.12 bits per heavy atom. The molecule has 0 amide bonds. The van der Waals surface area contributed by atoms with E-state index >= 15 is 0 Å². The lowest BCUT2D eigenvalue weighted by Crippen LogP contribution is -2.34. The molecule has 0 aliphatic rings. The van der Waals surface area contributed by atoms with Gasteiger partial charge < -0.3 is 25.2 Å². The Labute approximate surface area is 308 Å². The zero-order valence-electron chi connectivity index (χ0n) is 31.7. The lowest BCUT2D eigenvalue weighted by Gasteiger charge is -2.19. The first-order valence-electron chi connectivity index (χ1n) is 19.6. The van der Waals surface area contributed by atoms with E-state index in [2.05, 4.69) is 30.5 Å². The van der Waals surface area contributed by atoms with E-state index in [4.69, 9.17) is 24.8 Å². The van der Waals surface area contributed by atoms with Crippen molar-refractivity contribution in [1.29, 1.82) is 0 Å². The molecule has 3 atom stereocenters. The average Bonchev–Trinajstić information content (AvgIpc) is 3.10. The number of rotatable bonds is 36. The summed E-state index contributed by atoms with van der Waals surface area (Å²) in [6, 6.07) is -1.53. The topological polar surface area (TPSA) is 172 Å². The van der Waals surface area contributed by atoms with E-state index in [0.717, 1.165) is 51.4 Å². The van der Waals surface area contributed by atoms with Gasteiger partial charge >= 0.3 is 25.7 Å². The molecule has 11 nitrogen and oxygen atoms in total. The molecule has 0 bridgehead atoms. The van der Waals surface area contributed by atoms with Crippen LogP contribution in [0.2, 0.25) is 0 Å². The van der Waals surface area contributed by atoms with Crippen molar-refractivity contribution in [3.63, 3.8) is 0 Å². The summed E-state index contributed by atoms with van der Waals surface area (Å²) >= 11 is 0. The number of allylic oxidation sites excluding steroid dienone is 5. The molecule has 12 heteroatoms. The van der Waals surface area contributed by atoms with Crippen LogP contribution in [0.5, 0.6) is 0 Å². The lowest BCUT2D eigenvalue weighted by atomic mass is 10.1. The van der Waals surface area contributed by atoms with Crippen molar-refractivity contribution in [1.82, 2.24) is 0 Å². The minimum absolute atomic E-state index is 0.192. The fourth-order valence-corrected chi connectivity index (χ4v) is 5.86. The van der Waals surface area contributed by atoms with Gasteiger partial charge in [-0.15, -0.1) is 0 Å². The van der Waals surface area contributed by atoms with E-state index in [0.29, 0.717) is 6.42 Å². The summed E-state index contributed by atoms with van der Waals surface area (Å²) in [7, 11) is -4.74. The SMILES string of the molecule is CCCCC/C=C/CCCCCCCC(=O)OC[C@H](COP(=O)(O)OC[C@H](N)C(=O)O)OC(=O)/C=C/C=C/CCCCCCCCCCCCC. The van der Waals surface area contributed by atoms with Crippen molar-refractivity contribution < 1.29 is 47.5 Å². The standard InChI is InChI=1S/C39H70NO10P/c1-3-5-7-9-11-13-15-17-18-19-21-23-25-27-29-31-38(42)50-35(33-48-51(45,46)49-34-36(40)39(43)44)32-47-37(41)30-28-26-24-22-20-16-14-12-10-8-6-4-2/h12,14,25,27,29,31,35-36H,3-11,13,15-24,26,28,30,32-34,40H2,1-2H3,(H,43,44)(H,45,46)/b14-12+,27-25+,31-29+/t35-,36+/m1/s1. The van der Waals surface area contributed by atoms with E-state index in [1.165, 1.54) is 89.5 Å². The zero-order valence-corrected chi connectivity index (χ0v) is 32.6. The van der Waals surface area contributed by atoms with Gasteiger partial charge in [-0.3, -0.25) is 18.6 Å². The summed E-state index contributed by atoms with van der Waals surface area (Å²) < 4.78 is 32.3. The van der Waals surface area contributed by atoms with Gasteiger partial charge in [0.15, 0.2) is 6.10 Å². The molecule has 0 saturated heterocycles. The highest BCUT2D eigenvalue weighted by atomic mass is 31.2. The van der Waals surface area contributed by atoms with Gasteiger partial charge in [0, 0.05) is 12.5 Å². The van der Waals surface area contributed by atoms with Crippen LogP contribution in [0.25, 0.3) is 0 Å². The number of hydrogen-bond acceptors (Lipinski definition) is 9. The van der Waals surface area contributed by atoms with Crippen molar-refractivity contribution in [3.05, 3.63) is 36.5 Å². The molecule has 296 valence electrons. The maximum Gasteiger partial charge on any atom is 0.472 e. The van der Waals surface area contributed by atoms with Crippen LogP contribution in [0, 0.1) is 0 Å². The number of aliphatic carboxylic acids is 1. The van der Waals surface area contributed by atoms with Crippen molar-refractivity contribution >= 4 is 25.7 Å². The minimum Gasteiger partial charge on any atom is -0.480 e. The van der Waals surface area contributed by atoms with Crippen molar-refractivity contribution in [2.24, 2.45) is 5.73 Å². The highest BCUT2D eigenvalue weighted by molar-refractivity contribution is 7.47. The number of carboxylic acids is 1. The Balaban J connectivity index is 4.56. The molecule has 0 heterocycles. The molecule has 0 spiro atoms. The monoisotopic (exact) mass is 743 g/mol. The third kappa shape index (κ3) is 34.5. The van der Waals surface area contributed by atoms with Crippen LogP contribution in [0.15, 0.2) is 36.5 Å². The maximum absolute atomic E-state index is 12.5. The molecule has 0 fully saturated rings. The number of phosphoric ester groups is 1. The summed E-state index contributed by atoms with van der Waals surface area (Å²) in [5.74, 6) is -2.65. The van der Waals surface area contributed by atoms with E-state index < -0.39 is 57.7 Å². The van der Waals surface area contributed by atoms with Gasteiger partial charge in [0.05, 0.1) is 13.2 Å². The van der Waals surface area contributed by atoms with Gasteiger partial charge in [0.25, 0.3) is 0 Å². The number of carbonyl (C=O) groups excluding carboxylic acids is 2. The number of ether oxygens (including phenoxy) is 2.